The Morgan fingerprint density at radius 3 is 3.00 bits per heavy atom. The molecule has 80 valence electrons. The number of hydrogen-bond donors (Lipinski definition) is 1. The summed E-state index contributed by atoms with van der Waals surface area (Å²) < 4.78 is 10.6. The molecular formula is C12H15NO2. The Morgan fingerprint density at radius 2 is 2.27 bits per heavy atom. The zero-order valence-electron chi connectivity index (χ0n) is 8.82. The molecule has 0 spiro atoms. The van der Waals surface area contributed by atoms with Crippen LogP contribution in [0.25, 0.3) is 11.0 Å². The second-order valence-corrected chi connectivity index (χ2v) is 3.51. The smallest absolute Gasteiger partial charge is 0.137 e. The number of rotatable bonds is 4. The third kappa shape index (κ3) is 1.97. The average molecular weight is 205 g/mol. The number of benzene rings is 1. The summed E-state index contributed by atoms with van der Waals surface area (Å²) in [5.74, 6) is 0.880. The molecule has 15 heavy (non-hydrogen) atoms. The van der Waals surface area contributed by atoms with Crippen LogP contribution >= 0.6 is 0 Å². The molecule has 1 aromatic carbocycles. The first-order valence-corrected chi connectivity index (χ1v) is 5.09. The number of nitrogens with two attached hydrogens (primary N) is 1. The summed E-state index contributed by atoms with van der Waals surface area (Å²) >= 11 is 0. The molecule has 3 nitrogen and oxygen atoms in total. The molecule has 2 aromatic rings. The Balaban J connectivity index is 2.40. The van der Waals surface area contributed by atoms with Crippen molar-refractivity contribution in [3.63, 3.8) is 0 Å². The van der Waals surface area contributed by atoms with E-state index in [2.05, 4.69) is 6.07 Å². The van der Waals surface area contributed by atoms with Crippen LogP contribution in [0.3, 0.4) is 0 Å². The second kappa shape index (κ2) is 4.36. The summed E-state index contributed by atoms with van der Waals surface area (Å²) in [6, 6.07) is 6.00. The third-order valence-corrected chi connectivity index (χ3v) is 2.51. The molecule has 0 aliphatic heterocycles. The Bertz CT molecular complexity index is 448. The minimum atomic E-state index is 0.701. The minimum Gasteiger partial charge on any atom is -0.496 e. The van der Waals surface area contributed by atoms with Gasteiger partial charge < -0.3 is 14.9 Å². The molecular weight excluding hydrogens is 190 g/mol. The van der Waals surface area contributed by atoms with E-state index in [4.69, 9.17) is 14.9 Å². The maximum absolute atomic E-state index is 5.50. The lowest BCUT2D eigenvalue weighted by Crippen LogP contribution is -2.01. The summed E-state index contributed by atoms with van der Waals surface area (Å²) in [6.45, 7) is 0.701. The van der Waals surface area contributed by atoms with E-state index >= 15 is 0 Å². The normalized spacial score (nSPS) is 10.8. The number of aryl methyl sites for hydroxylation is 1. The maximum Gasteiger partial charge on any atom is 0.137 e. The monoisotopic (exact) mass is 205 g/mol. The van der Waals surface area contributed by atoms with Crippen molar-refractivity contribution >= 4 is 11.0 Å². The Kier molecular flexibility index (Phi) is 2.92. The number of fused-ring (bicyclic) bond motifs is 1. The van der Waals surface area contributed by atoms with E-state index < -0.39 is 0 Å². The highest BCUT2D eigenvalue weighted by atomic mass is 16.5. The van der Waals surface area contributed by atoms with Crippen molar-refractivity contribution < 1.29 is 9.15 Å². The zero-order chi connectivity index (χ0) is 10.7. The fourth-order valence-electron chi connectivity index (χ4n) is 1.72. The van der Waals surface area contributed by atoms with Crippen LogP contribution in [0.5, 0.6) is 5.75 Å². The fourth-order valence-corrected chi connectivity index (χ4v) is 1.72. The molecule has 0 bridgehead atoms. The molecule has 0 fully saturated rings. The van der Waals surface area contributed by atoms with E-state index in [0.29, 0.717) is 6.54 Å². The van der Waals surface area contributed by atoms with Crippen molar-refractivity contribution in [2.24, 2.45) is 5.73 Å². The van der Waals surface area contributed by atoms with E-state index in [9.17, 15) is 0 Å². The van der Waals surface area contributed by atoms with Crippen LogP contribution in [0.15, 0.2) is 28.9 Å². The SMILES string of the molecule is COc1cc2occc2cc1CCCN. The third-order valence-electron chi connectivity index (χ3n) is 2.51. The van der Waals surface area contributed by atoms with Gasteiger partial charge in [-0.15, -0.1) is 0 Å². The molecule has 0 saturated heterocycles. The van der Waals surface area contributed by atoms with Crippen LogP contribution in [0.4, 0.5) is 0 Å². The molecule has 0 unspecified atom stereocenters. The van der Waals surface area contributed by atoms with Crippen molar-refractivity contribution in [3.8, 4) is 5.75 Å². The molecule has 0 saturated carbocycles. The Hall–Kier alpha value is -1.48. The van der Waals surface area contributed by atoms with E-state index in [1.165, 1.54) is 5.56 Å². The topological polar surface area (TPSA) is 48.4 Å². The van der Waals surface area contributed by atoms with Gasteiger partial charge in [0.1, 0.15) is 11.3 Å². The van der Waals surface area contributed by atoms with Gasteiger partial charge in [0, 0.05) is 11.5 Å². The van der Waals surface area contributed by atoms with Crippen molar-refractivity contribution in [2.75, 3.05) is 13.7 Å². The van der Waals surface area contributed by atoms with Gasteiger partial charge in [-0.05, 0) is 37.1 Å². The van der Waals surface area contributed by atoms with Crippen molar-refractivity contribution in [3.05, 3.63) is 30.0 Å². The molecule has 1 heterocycles. The van der Waals surface area contributed by atoms with Gasteiger partial charge in [-0.1, -0.05) is 0 Å². The quantitative estimate of drug-likeness (QED) is 0.833. The van der Waals surface area contributed by atoms with Crippen LogP contribution in [0.1, 0.15) is 12.0 Å². The van der Waals surface area contributed by atoms with E-state index in [0.717, 1.165) is 29.6 Å². The highest BCUT2D eigenvalue weighted by molar-refractivity contribution is 5.80. The highest BCUT2D eigenvalue weighted by Crippen LogP contribution is 2.27. The van der Waals surface area contributed by atoms with Crippen LogP contribution in [0, 0.1) is 0 Å². The largest absolute Gasteiger partial charge is 0.496 e. The first kappa shape index (κ1) is 10.1. The lowest BCUT2D eigenvalue weighted by molar-refractivity contribution is 0.409. The van der Waals surface area contributed by atoms with Gasteiger partial charge in [0.25, 0.3) is 0 Å². The lowest BCUT2D eigenvalue weighted by Gasteiger charge is -2.07. The van der Waals surface area contributed by atoms with E-state index in [1.54, 1.807) is 13.4 Å². The summed E-state index contributed by atoms with van der Waals surface area (Å²) in [6.07, 6.45) is 3.61. The summed E-state index contributed by atoms with van der Waals surface area (Å²) in [5, 5.41) is 1.11. The van der Waals surface area contributed by atoms with Crippen LogP contribution in [0.2, 0.25) is 0 Å². The average Bonchev–Trinajstić information content (AvgIpc) is 2.71. The number of ether oxygens (including phenoxy) is 1. The molecule has 0 amide bonds. The van der Waals surface area contributed by atoms with Gasteiger partial charge in [0.15, 0.2) is 0 Å². The highest BCUT2D eigenvalue weighted by Gasteiger charge is 2.06. The van der Waals surface area contributed by atoms with E-state index in [-0.39, 0.29) is 0 Å². The summed E-state index contributed by atoms with van der Waals surface area (Å²) in [4.78, 5) is 0. The molecule has 2 rings (SSSR count). The standard InChI is InChI=1S/C12H15NO2/c1-14-11-8-12-10(4-6-15-12)7-9(11)3-2-5-13/h4,6-8H,2-3,5,13H2,1H3. The predicted octanol–water partition coefficient (Wildman–Crippen LogP) is 2.33. The summed E-state index contributed by atoms with van der Waals surface area (Å²) in [7, 11) is 1.68. The maximum atomic E-state index is 5.50. The summed E-state index contributed by atoms with van der Waals surface area (Å²) in [5.41, 5.74) is 7.56. The predicted molar refractivity (Wildman–Crippen MR) is 60.1 cm³/mol. The van der Waals surface area contributed by atoms with Crippen LogP contribution in [-0.2, 0) is 6.42 Å². The molecule has 0 atom stereocenters. The zero-order valence-corrected chi connectivity index (χ0v) is 8.82. The molecule has 0 radical (unpaired) electrons. The molecule has 2 N–H and O–H groups in total. The van der Waals surface area contributed by atoms with Gasteiger partial charge in [-0.2, -0.15) is 0 Å². The molecule has 3 heteroatoms. The van der Waals surface area contributed by atoms with Gasteiger partial charge in [0.2, 0.25) is 0 Å². The second-order valence-electron chi connectivity index (χ2n) is 3.51. The lowest BCUT2D eigenvalue weighted by atomic mass is 10.1. The van der Waals surface area contributed by atoms with Gasteiger partial charge in [-0.25, -0.2) is 0 Å². The first-order valence-electron chi connectivity index (χ1n) is 5.09. The van der Waals surface area contributed by atoms with E-state index in [1.807, 2.05) is 12.1 Å². The molecule has 0 aliphatic rings. The number of hydrogen-bond acceptors (Lipinski definition) is 3. The van der Waals surface area contributed by atoms with Crippen LogP contribution < -0.4 is 10.5 Å². The number of furan rings is 1. The van der Waals surface area contributed by atoms with Crippen molar-refractivity contribution in [2.45, 2.75) is 12.8 Å². The van der Waals surface area contributed by atoms with Crippen molar-refractivity contribution in [1.29, 1.82) is 0 Å². The Morgan fingerprint density at radius 1 is 1.40 bits per heavy atom. The molecule has 0 aliphatic carbocycles. The minimum absolute atomic E-state index is 0.701. The van der Waals surface area contributed by atoms with Gasteiger partial charge in [-0.3, -0.25) is 0 Å². The van der Waals surface area contributed by atoms with Gasteiger partial charge >= 0.3 is 0 Å². The fraction of sp³-hybridized carbons (Fsp3) is 0.333. The van der Waals surface area contributed by atoms with Gasteiger partial charge in [0.05, 0.1) is 13.4 Å². The first-order chi connectivity index (χ1) is 7.35. The Labute approximate surface area is 88.8 Å². The van der Waals surface area contributed by atoms with Crippen LogP contribution in [-0.4, -0.2) is 13.7 Å². The van der Waals surface area contributed by atoms with Crippen molar-refractivity contribution in [1.82, 2.24) is 0 Å². The molecule has 1 aromatic heterocycles. The number of methoxy groups -OCH3 is 1.